The number of carbonyl (C=O) groups is 1. The molecule has 0 unspecified atom stereocenters. The lowest BCUT2D eigenvalue weighted by Crippen LogP contribution is -2.38. The summed E-state index contributed by atoms with van der Waals surface area (Å²) < 4.78 is 8.73. The largest absolute Gasteiger partial charge is 0.441 e. The van der Waals surface area contributed by atoms with Crippen LogP contribution >= 0.6 is 23.8 Å². The number of halogens is 1. The molecule has 9 heteroatoms. The Bertz CT molecular complexity index is 1140. The number of oxazole rings is 1. The molecular weight excluding hydrogens is 434 g/mol. The van der Waals surface area contributed by atoms with Crippen LogP contribution in [0, 0.1) is 4.77 Å². The summed E-state index contributed by atoms with van der Waals surface area (Å²) in [5, 5.41) is 8.07. The minimum Gasteiger partial charge on any atom is -0.441 e. The van der Waals surface area contributed by atoms with E-state index in [4.69, 9.17) is 28.2 Å². The fourth-order valence-electron chi connectivity index (χ4n) is 4.26. The monoisotopic (exact) mass is 457 g/mol. The molecule has 31 heavy (non-hydrogen) atoms. The zero-order chi connectivity index (χ0) is 21.4. The van der Waals surface area contributed by atoms with Gasteiger partial charge in [0.2, 0.25) is 5.91 Å². The van der Waals surface area contributed by atoms with Gasteiger partial charge >= 0.3 is 0 Å². The molecule has 1 saturated carbocycles. The third-order valence-corrected chi connectivity index (χ3v) is 6.72. The minimum absolute atomic E-state index is 0.136. The first-order valence-corrected chi connectivity index (χ1v) is 11.5. The second kappa shape index (κ2) is 8.59. The quantitative estimate of drug-likeness (QED) is 0.531. The summed E-state index contributed by atoms with van der Waals surface area (Å²) in [6, 6.07) is 8.00. The van der Waals surface area contributed by atoms with Gasteiger partial charge in [0.15, 0.2) is 16.4 Å². The Hall–Kier alpha value is -2.45. The van der Waals surface area contributed by atoms with Crippen LogP contribution in [0.1, 0.15) is 55.8 Å². The van der Waals surface area contributed by atoms with Crippen molar-refractivity contribution in [3.63, 3.8) is 0 Å². The highest BCUT2D eigenvalue weighted by atomic mass is 35.5. The molecule has 0 bridgehead atoms. The van der Waals surface area contributed by atoms with Gasteiger partial charge in [0, 0.05) is 43.5 Å². The smallest absolute Gasteiger partial charge is 0.223 e. The number of aryl methyl sites for hydroxylation is 1. The topological polar surface area (TPSA) is 80.0 Å². The van der Waals surface area contributed by atoms with Gasteiger partial charge in [-0.3, -0.25) is 9.89 Å². The molecule has 1 aliphatic heterocycles. The molecule has 1 aromatic carbocycles. The Morgan fingerprint density at radius 3 is 2.74 bits per heavy atom. The molecule has 5 rings (SSSR count). The van der Waals surface area contributed by atoms with E-state index in [-0.39, 0.29) is 5.91 Å². The van der Waals surface area contributed by atoms with Crippen LogP contribution in [0.2, 0.25) is 5.02 Å². The number of nitrogens with zero attached hydrogens (tertiary/aromatic N) is 4. The van der Waals surface area contributed by atoms with Crippen LogP contribution in [0.3, 0.4) is 0 Å². The van der Waals surface area contributed by atoms with Crippen LogP contribution in [0.5, 0.6) is 0 Å². The Morgan fingerprint density at radius 1 is 1.23 bits per heavy atom. The first-order valence-electron chi connectivity index (χ1n) is 10.7. The highest BCUT2D eigenvalue weighted by Gasteiger charge is 2.32. The summed E-state index contributed by atoms with van der Waals surface area (Å²) in [5.74, 6) is 2.72. The molecular formula is C22H24ClN5O2S. The summed E-state index contributed by atoms with van der Waals surface area (Å²) in [6.07, 6.45) is 6.70. The summed E-state index contributed by atoms with van der Waals surface area (Å²) in [4.78, 5) is 19.0. The van der Waals surface area contributed by atoms with Gasteiger partial charge in [-0.05, 0) is 50.0 Å². The predicted octanol–water partition coefficient (Wildman–Crippen LogP) is 4.92. The normalized spacial score (nSPS) is 17.3. The SMILES string of the molecule is O=C(CCc1ncc(-c2ccccc2Cl)o1)N1CCC(c2n[nH]c(=S)n2C2CC2)CC1. The van der Waals surface area contributed by atoms with E-state index in [1.54, 1.807) is 6.20 Å². The number of rotatable bonds is 6. The molecule has 0 radical (unpaired) electrons. The van der Waals surface area contributed by atoms with E-state index in [2.05, 4.69) is 19.7 Å². The van der Waals surface area contributed by atoms with Crippen LogP contribution in [0.4, 0.5) is 0 Å². The molecule has 1 aliphatic carbocycles. The van der Waals surface area contributed by atoms with E-state index < -0.39 is 0 Å². The van der Waals surface area contributed by atoms with Crippen molar-refractivity contribution in [2.75, 3.05) is 13.1 Å². The van der Waals surface area contributed by atoms with E-state index in [1.807, 2.05) is 29.2 Å². The van der Waals surface area contributed by atoms with Gasteiger partial charge in [0.05, 0.1) is 11.2 Å². The summed E-state index contributed by atoms with van der Waals surface area (Å²) in [5.41, 5.74) is 0.806. The molecule has 3 heterocycles. The Kier molecular flexibility index (Phi) is 5.67. The summed E-state index contributed by atoms with van der Waals surface area (Å²) in [6.45, 7) is 1.48. The summed E-state index contributed by atoms with van der Waals surface area (Å²) in [7, 11) is 0. The lowest BCUT2D eigenvalue weighted by Gasteiger charge is -2.31. The number of likely N-dealkylation sites (tertiary alicyclic amines) is 1. The van der Waals surface area contributed by atoms with Crippen LogP contribution in [0.25, 0.3) is 11.3 Å². The van der Waals surface area contributed by atoms with Crippen molar-refractivity contribution in [3.05, 3.63) is 52.0 Å². The number of nitrogens with one attached hydrogen (secondary N) is 1. The third kappa shape index (κ3) is 4.32. The molecule has 0 atom stereocenters. The van der Waals surface area contributed by atoms with Crippen molar-refractivity contribution in [1.82, 2.24) is 24.6 Å². The van der Waals surface area contributed by atoms with E-state index >= 15 is 0 Å². The number of H-pyrrole nitrogens is 1. The van der Waals surface area contributed by atoms with Gasteiger partial charge in [-0.1, -0.05) is 23.7 Å². The van der Waals surface area contributed by atoms with Crippen molar-refractivity contribution in [3.8, 4) is 11.3 Å². The zero-order valence-corrected chi connectivity index (χ0v) is 18.7. The number of carbonyl (C=O) groups excluding carboxylic acids is 1. The average Bonchev–Trinajstić information content (AvgIpc) is 3.38. The highest BCUT2D eigenvalue weighted by Crippen LogP contribution is 2.39. The molecule has 0 spiro atoms. The average molecular weight is 458 g/mol. The van der Waals surface area contributed by atoms with Gasteiger partial charge in [0.25, 0.3) is 0 Å². The Labute approximate surface area is 190 Å². The van der Waals surface area contributed by atoms with Gasteiger partial charge < -0.3 is 13.9 Å². The standard InChI is InChI=1S/C22H24ClN5O2S/c23-17-4-2-1-3-16(17)18-13-24-19(30-18)7-8-20(29)27-11-9-14(10-12-27)21-25-26-22(31)28(21)15-5-6-15/h1-4,13-15H,5-12H2,(H,26,31). The molecule has 1 amide bonds. The van der Waals surface area contributed by atoms with Gasteiger partial charge in [-0.2, -0.15) is 5.10 Å². The number of benzene rings is 1. The summed E-state index contributed by atoms with van der Waals surface area (Å²) >= 11 is 11.6. The van der Waals surface area contributed by atoms with Crippen molar-refractivity contribution in [2.24, 2.45) is 0 Å². The number of amides is 1. The molecule has 1 saturated heterocycles. The van der Waals surface area contributed by atoms with E-state index in [1.165, 1.54) is 12.8 Å². The lowest BCUT2D eigenvalue weighted by molar-refractivity contribution is -0.132. The number of hydrogen-bond acceptors (Lipinski definition) is 5. The highest BCUT2D eigenvalue weighted by molar-refractivity contribution is 7.71. The molecule has 3 aromatic rings. The van der Waals surface area contributed by atoms with Crippen LogP contribution in [-0.4, -0.2) is 43.6 Å². The Morgan fingerprint density at radius 2 is 2.00 bits per heavy atom. The second-order valence-corrected chi connectivity index (χ2v) is 9.04. The predicted molar refractivity (Wildman–Crippen MR) is 120 cm³/mol. The molecule has 2 fully saturated rings. The number of aromatic nitrogens is 4. The maximum absolute atomic E-state index is 12.7. The number of hydrogen-bond donors (Lipinski definition) is 1. The van der Waals surface area contributed by atoms with Crippen LogP contribution in [0.15, 0.2) is 34.9 Å². The van der Waals surface area contributed by atoms with Crippen LogP contribution in [-0.2, 0) is 11.2 Å². The zero-order valence-electron chi connectivity index (χ0n) is 17.1. The van der Waals surface area contributed by atoms with Gasteiger partial charge in [-0.15, -0.1) is 0 Å². The van der Waals surface area contributed by atoms with Gasteiger partial charge in [0.1, 0.15) is 5.82 Å². The molecule has 2 aliphatic rings. The van der Waals surface area contributed by atoms with E-state index in [9.17, 15) is 4.79 Å². The van der Waals surface area contributed by atoms with Crippen molar-refractivity contribution < 1.29 is 9.21 Å². The Balaban J connectivity index is 1.15. The second-order valence-electron chi connectivity index (χ2n) is 8.24. The fraction of sp³-hybridized carbons (Fsp3) is 0.455. The minimum atomic E-state index is 0.136. The van der Waals surface area contributed by atoms with E-state index in [0.717, 1.165) is 42.1 Å². The molecule has 162 valence electrons. The molecule has 7 nitrogen and oxygen atoms in total. The van der Waals surface area contributed by atoms with Crippen LogP contribution < -0.4 is 0 Å². The number of piperidine rings is 1. The lowest BCUT2D eigenvalue weighted by atomic mass is 9.95. The maximum Gasteiger partial charge on any atom is 0.223 e. The first-order chi connectivity index (χ1) is 15.1. The van der Waals surface area contributed by atoms with Crippen molar-refractivity contribution >= 4 is 29.7 Å². The maximum atomic E-state index is 12.7. The molecule has 1 N–H and O–H groups in total. The van der Waals surface area contributed by atoms with Crippen molar-refractivity contribution in [2.45, 2.75) is 50.5 Å². The first kappa shape index (κ1) is 20.5. The van der Waals surface area contributed by atoms with Crippen molar-refractivity contribution in [1.29, 1.82) is 0 Å². The molecule has 2 aromatic heterocycles. The van der Waals surface area contributed by atoms with Gasteiger partial charge in [-0.25, -0.2) is 4.98 Å². The fourth-order valence-corrected chi connectivity index (χ4v) is 4.78. The third-order valence-electron chi connectivity index (χ3n) is 6.10. The van der Waals surface area contributed by atoms with E-state index in [0.29, 0.717) is 41.5 Å². The number of aromatic amines is 1.